The van der Waals surface area contributed by atoms with Gasteiger partial charge in [0.25, 0.3) is 0 Å². The Morgan fingerprint density at radius 3 is 2.29 bits per heavy atom. The average Bonchev–Trinajstić information content (AvgIpc) is 2.69. The fourth-order valence-electron chi connectivity index (χ4n) is 2.96. The van der Waals surface area contributed by atoms with Crippen LogP contribution in [0.2, 0.25) is 0 Å². The van der Waals surface area contributed by atoms with E-state index in [1.54, 1.807) is 0 Å². The normalized spacial score (nSPS) is 27.7. The van der Waals surface area contributed by atoms with E-state index in [-0.39, 0.29) is 0 Å². The summed E-state index contributed by atoms with van der Waals surface area (Å²) in [6.07, 6.45) is -0.0958. The van der Waals surface area contributed by atoms with Crippen LogP contribution in [0, 0.1) is 0 Å². The molecule has 1 aliphatic heterocycles. The van der Waals surface area contributed by atoms with Gasteiger partial charge in [-0.2, -0.15) is 0 Å². The van der Waals surface area contributed by atoms with Gasteiger partial charge in [-0.25, -0.2) is 4.98 Å². The number of rotatable bonds is 12. The van der Waals surface area contributed by atoms with Crippen molar-refractivity contribution in [1.29, 1.82) is 0 Å². The first-order chi connectivity index (χ1) is 13.5. The van der Waals surface area contributed by atoms with E-state index in [4.69, 9.17) is 19.3 Å². The lowest BCUT2D eigenvalue weighted by Gasteiger charge is -2.39. The lowest BCUT2D eigenvalue weighted by molar-refractivity contribution is -0.301. The first-order valence-electron chi connectivity index (χ1n) is 9.70. The molecule has 0 unspecified atom stereocenters. The summed E-state index contributed by atoms with van der Waals surface area (Å²) in [5.41, 5.74) is 0. The van der Waals surface area contributed by atoms with Crippen molar-refractivity contribution in [3.63, 3.8) is 0 Å². The number of aliphatic hydroxyl groups excluding tert-OH is 4. The minimum absolute atomic E-state index is 0.375. The molecule has 5 atom stereocenters. The Labute approximate surface area is 173 Å². The Morgan fingerprint density at radius 2 is 1.61 bits per heavy atom. The highest BCUT2D eigenvalue weighted by Gasteiger charge is 2.43. The summed E-state index contributed by atoms with van der Waals surface area (Å²) in [4.78, 5) is 4.21. The first-order valence-corrected chi connectivity index (χ1v) is 10.5. The third-order valence-electron chi connectivity index (χ3n) is 4.61. The standard InChI is InChI=1S/C19H30BrNO7/c20-14-8-7-9-15(21-14)26-10-5-3-1-2-4-6-11-27-19-18(25)17(24)16(23)13(12-22)28-19/h7-9,13,16-19,22-25H,1-6,10-12H2/t13-,16-,17+,18-,19-/m1/s1. The van der Waals surface area contributed by atoms with Crippen LogP contribution in [0.15, 0.2) is 22.8 Å². The van der Waals surface area contributed by atoms with Crippen molar-refractivity contribution in [2.75, 3.05) is 19.8 Å². The second-order valence-corrected chi connectivity index (χ2v) is 7.65. The number of nitrogens with zero attached hydrogens (tertiary/aromatic N) is 1. The van der Waals surface area contributed by atoms with E-state index in [1.165, 1.54) is 0 Å². The van der Waals surface area contributed by atoms with E-state index in [0.717, 1.165) is 43.1 Å². The van der Waals surface area contributed by atoms with Gasteiger partial charge < -0.3 is 34.6 Å². The highest BCUT2D eigenvalue weighted by Crippen LogP contribution is 2.22. The molecule has 0 radical (unpaired) electrons. The molecule has 1 aromatic heterocycles. The second-order valence-electron chi connectivity index (χ2n) is 6.84. The second kappa shape index (κ2) is 12.7. The molecule has 0 bridgehead atoms. The Balaban J connectivity index is 1.47. The predicted octanol–water partition coefficient (Wildman–Crippen LogP) is 1.38. The largest absolute Gasteiger partial charge is 0.478 e. The summed E-state index contributed by atoms with van der Waals surface area (Å²) in [5.74, 6) is 0.625. The molecule has 0 aliphatic carbocycles. The zero-order chi connectivity index (χ0) is 20.4. The molecule has 0 amide bonds. The Morgan fingerprint density at radius 1 is 0.929 bits per heavy atom. The number of pyridine rings is 1. The van der Waals surface area contributed by atoms with Crippen LogP contribution in [0.1, 0.15) is 38.5 Å². The highest BCUT2D eigenvalue weighted by atomic mass is 79.9. The number of ether oxygens (including phenoxy) is 3. The van der Waals surface area contributed by atoms with Crippen molar-refractivity contribution in [3.8, 4) is 5.88 Å². The van der Waals surface area contributed by atoms with Crippen LogP contribution in [-0.4, -0.2) is 75.9 Å². The molecule has 0 spiro atoms. The number of hydrogen-bond acceptors (Lipinski definition) is 8. The van der Waals surface area contributed by atoms with Crippen LogP contribution < -0.4 is 4.74 Å². The molecule has 4 N–H and O–H groups in total. The van der Waals surface area contributed by atoms with Gasteiger partial charge in [0.1, 0.15) is 29.0 Å². The van der Waals surface area contributed by atoms with E-state index >= 15 is 0 Å². The Kier molecular flexibility index (Phi) is 10.6. The van der Waals surface area contributed by atoms with Crippen LogP contribution in [0.5, 0.6) is 5.88 Å². The van der Waals surface area contributed by atoms with E-state index in [9.17, 15) is 15.3 Å². The van der Waals surface area contributed by atoms with Crippen molar-refractivity contribution >= 4 is 15.9 Å². The van der Waals surface area contributed by atoms with Crippen LogP contribution in [-0.2, 0) is 9.47 Å². The van der Waals surface area contributed by atoms with Gasteiger partial charge in [0.05, 0.1) is 13.2 Å². The van der Waals surface area contributed by atoms with Gasteiger partial charge in [-0.3, -0.25) is 0 Å². The van der Waals surface area contributed by atoms with Gasteiger partial charge in [-0.05, 0) is 34.8 Å². The van der Waals surface area contributed by atoms with Crippen molar-refractivity contribution in [1.82, 2.24) is 4.98 Å². The van der Waals surface area contributed by atoms with Crippen molar-refractivity contribution in [2.45, 2.75) is 69.2 Å². The minimum Gasteiger partial charge on any atom is -0.478 e. The lowest BCUT2D eigenvalue weighted by Crippen LogP contribution is -2.59. The zero-order valence-corrected chi connectivity index (χ0v) is 17.4. The number of unbranched alkanes of at least 4 members (excludes halogenated alkanes) is 5. The number of aliphatic hydroxyl groups is 4. The quantitative estimate of drug-likeness (QED) is 0.271. The third-order valence-corrected chi connectivity index (χ3v) is 5.05. The predicted molar refractivity (Wildman–Crippen MR) is 105 cm³/mol. The minimum atomic E-state index is -1.40. The molecule has 0 aromatic carbocycles. The van der Waals surface area contributed by atoms with Gasteiger partial charge in [0, 0.05) is 12.7 Å². The fourth-order valence-corrected chi connectivity index (χ4v) is 3.29. The van der Waals surface area contributed by atoms with Gasteiger partial charge in [0.15, 0.2) is 6.29 Å². The van der Waals surface area contributed by atoms with Crippen LogP contribution in [0.25, 0.3) is 0 Å². The maximum Gasteiger partial charge on any atom is 0.214 e. The summed E-state index contributed by atoms with van der Waals surface area (Å²) < 4.78 is 17.1. The van der Waals surface area contributed by atoms with Crippen LogP contribution in [0.3, 0.4) is 0 Å². The summed E-state index contributed by atoms with van der Waals surface area (Å²) in [6, 6.07) is 5.58. The molecular weight excluding hydrogens is 434 g/mol. The Hall–Kier alpha value is -0.810. The molecule has 28 heavy (non-hydrogen) atoms. The topological polar surface area (TPSA) is 122 Å². The molecule has 8 nitrogen and oxygen atoms in total. The summed E-state index contributed by atoms with van der Waals surface area (Å²) in [6.45, 7) is 0.566. The number of hydrogen-bond donors (Lipinski definition) is 4. The smallest absolute Gasteiger partial charge is 0.214 e. The first kappa shape index (κ1) is 23.5. The molecule has 1 aromatic rings. The van der Waals surface area contributed by atoms with E-state index in [1.807, 2.05) is 18.2 Å². The maximum absolute atomic E-state index is 9.88. The van der Waals surface area contributed by atoms with E-state index < -0.39 is 37.3 Å². The molecule has 1 fully saturated rings. The molecule has 9 heteroatoms. The van der Waals surface area contributed by atoms with E-state index in [2.05, 4.69) is 20.9 Å². The molecule has 1 saturated heterocycles. The molecule has 0 saturated carbocycles. The van der Waals surface area contributed by atoms with Gasteiger partial charge >= 0.3 is 0 Å². The molecule has 1 aliphatic rings. The molecule has 2 heterocycles. The maximum atomic E-state index is 9.88. The highest BCUT2D eigenvalue weighted by molar-refractivity contribution is 9.10. The monoisotopic (exact) mass is 463 g/mol. The molecular formula is C19H30BrNO7. The van der Waals surface area contributed by atoms with Gasteiger partial charge in [0.2, 0.25) is 5.88 Å². The van der Waals surface area contributed by atoms with Crippen molar-refractivity contribution < 1.29 is 34.6 Å². The zero-order valence-electron chi connectivity index (χ0n) is 15.8. The molecule has 2 rings (SSSR count). The van der Waals surface area contributed by atoms with Gasteiger partial charge in [-0.1, -0.05) is 31.7 Å². The van der Waals surface area contributed by atoms with Crippen LogP contribution in [0.4, 0.5) is 0 Å². The van der Waals surface area contributed by atoms with Crippen LogP contribution >= 0.6 is 15.9 Å². The number of halogens is 1. The summed E-state index contributed by atoms with van der Waals surface area (Å²) >= 11 is 3.31. The number of aromatic nitrogens is 1. The SMILES string of the molecule is OC[C@H]1O[C@@H](OCCCCCCCCOc2cccc(Br)n2)[C@H](O)[C@@H](O)[C@@H]1O. The Bertz CT molecular complexity index is 563. The van der Waals surface area contributed by atoms with Crippen molar-refractivity contribution in [2.24, 2.45) is 0 Å². The van der Waals surface area contributed by atoms with Crippen molar-refractivity contribution in [3.05, 3.63) is 22.8 Å². The summed E-state index contributed by atoms with van der Waals surface area (Å²) in [5, 5.41) is 38.5. The van der Waals surface area contributed by atoms with E-state index in [0.29, 0.717) is 19.1 Å². The van der Waals surface area contributed by atoms with Gasteiger partial charge in [-0.15, -0.1) is 0 Å². The molecule has 160 valence electrons. The fraction of sp³-hybridized carbons (Fsp3) is 0.737. The average molecular weight is 464 g/mol. The summed E-state index contributed by atoms with van der Waals surface area (Å²) in [7, 11) is 0. The lowest BCUT2D eigenvalue weighted by atomic mass is 9.99. The third kappa shape index (κ3) is 7.55.